The molecule has 1 N–H and O–H groups in total. The minimum absolute atomic E-state index is 0.135. The van der Waals surface area contributed by atoms with Gasteiger partial charge in [-0.25, -0.2) is 9.59 Å². The molecule has 3 saturated heterocycles. The molecule has 10 nitrogen and oxygen atoms in total. The summed E-state index contributed by atoms with van der Waals surface area (Å²) in [6.45, 7) is 6.95. The van der Waals surface area contributed by atoms with Crippen LogP contribution in [0, 0.1) is 0 Å². The van der Waals surface area contributed by atoms with Gasteiger partial charge in [0.2, 0.25) is 0 Å². The molecule has 0 amide bonds. The number of hydrogen-bond donors (Lipinski definition) is 1. The largest absolute Gasteiger partial charge is 0.465 e. The van der Waals surface area contributed by atoms with E-state index in [2.05, 4.69) is 0 Å². The highest BCUT2D eigenvalue weighted by molar-refractivity contribution is 5.90. The third kappa shape index (κ3) is 4.14. The zero-order valence-electron chi connectivity index (χ0n) is 18.6. The average Bonchev–Trinajstić information content (AvgIpc) is 3.27. The van der Waals surface area contributed by atoms with Gasteiger partial charge >= 0.3 is 17.7 Å². The van der Waals surface area contributed by atoms with Crippen molar-refractivity contribution in [3.63, 3.8) is 0 Å². The van der Waals surface area contributed by atoms with Gasteiger partial charge in [-0.2, -0.15) is 0 Å². The topological polar surface area (TPSA) is 119 Å². The van der Waals surface area contributed by atoms with E-state index in [-0.39, 0.29) is 12.2 Å². The first-order valence-corrected chi connectivity index (χ1v) is 10.4. The molecule has 6 atom stereocenters. The number of aliphatic hydroxyl groups is 1. The second-order valence-electron chi connectivity index (χ2n) is 8.89. The summed E-state index contributed by atoms with van der Waals surface area (Å²) in [5.41, 5.74) is 0.228. The van der Waals surface area contributed by atoms with Gasteiger partial charge in [0.05, 0.1) is 19.3 Å². The van der Waals surface area contributed by atoms with Crippen molar-refractivity contribution < 1.29 is 47.9 Å². The number of fused-ring (bicyclic) bond motifs is 1. The number of ether oxygens (including phenoxy) is 7. The molecule has 4 rings (SSSR count). The van der Waals surface area contributed by atoms with Crippen LogP contribution in [0.25, 0.3) is 0 Å². The van der Waals surface area contributed by atoms with Crippen molar-refractivity contribution in [2.24, 2.45) is 0 Å². The van der Waals surface area contributed by atoms with Gasteiger partial charge in [-0.05, 0) is 39.8 Å². The number of rotatable bonds is 4. The number of esters is 2. The van der Waals surface area contributed by atoms with Crippen molar-refractivity contribution in [1.82, 2.24) is 0 Å². The van der Waals surface area contributed by atoms with Crippen LogP contribution in [0.2, 0.25) is 0 Å². The normalized spacial score (nSPS) is 37.5. The first-order valence-electron chi connectivity index (χ1n) is 10.4. The van der Waals surface area contributed by atoms with Crippen molar-refractivity contribution in [1.29, 1.82) is 0 Å². The average molecular weight is 452 g/mol. The summed E-state index contributed by atoms with van der Waals surface area (Å²) < 4.78 is 39.8. The molecule has 3 heterocycles. The van der Waals surface area contributed by atoms with E-state index in [1.165, 1.54) is 0 Å². The van der Waals surface area contributed by atoms with Crippen molar-refractivity contribution in [3.8, 4) is 0 Å². The van der Waals surface area contributed by atoms with Gasteiger partial charge in [-0.3, -0.25) is 0 Å². The molecule has 0 aliphatic carbocycles. The molecule has 10 heteroatoms. The van der Waals surface area contributed by atoms with Crippen LogP contribution in [0.4, 0.5) is 0 Å². The Kier molecular flexibility index (Phi) is 5.81. The molecule has 3 fully saturated rings. The Morgan fingerprint density at radius 2 is 1.59 bits per heavy atom. The molecular weight excluding hydrogens is 424 g/mol. The van der Waals surface area contributed by atoms with Gasteiger partial charge in [0.15, 0.2) is 17.7 Å². The summed E-state index contributed by atoms with van der Waals surface area (Å²) in [6.07, 6.45) is -5.10. The van der Waals surface area contributed by atoms with E-state index in [0.29, 0.717) is 0 Å². The monoisotopic (exact) mass is 452 g/mol. The SMILES string of the molecule is COC(=O)C1(O)O[C@H]([C@H]2COC(C)(C)O2)[C@@H]2OC(C)(C)O[C@@H]2[C@@H]1OC(=O)c1ccccc1. The zero-order valence-corrected chi connectivity index (χ0v) is 18.6. The van der Waals surface area contributed by atoms with Crippen LogP contribution in [-0.2, 0) is 38.0 Å². The maximum absolute atomic E-state index is 12.8. The summed E-state index contributed by atoms with van der Waals surface area (Å²) in [5, 5.41) is 11.4. The van der Waals surface area contributed by atoms with Crippen LogP contribution < -0.4 is 0 Å². The summed E-state index contributed by atoms with van der Waals surface area (Å²) >= 11 is 0. The maximum Gasteiger partial charge on any atom is 0.370 e. The molecule has 0 spiro atoms. The van der Waals surface area contributed by atoms with E-state index < -0.39 is 59.8 Å². The summed E-state index contributed by atoms with van der Waals surface area (Å²) in [4.78, 5) is 25.5. The Morgan fingerprint density at radius 1 is 0.938 bits per heavy atom. The first kappa shape index (κ1) is 23.1. The van der Waals surface area contributed by atoms with Gasteiger partial charge < -0.3 is 38.3 Å². The number of hydrogen-bond acceptors (Lipinski definition) is 10. The third-order valence-electron chi connectivity index (χ3n) is 5.61. The Morgan fingerprint density at radius 3 is 2.19 bits per heavy atom. The van der Waals surface area contributed by atoms with Crippen molar-refractivity contribution >= 4 is 11.9 Å². The minimum Gasteiger partial charge on any atom is -0.465 e. The molecule has 1 aromatic carbocycles. The minimum atomic E-state index is -2.66. The van der Waals surface area contributed by atoms with E-state index in [0.717, 1.165) is 7.11 Å². The number of carbonyl (C=O) groups excluding carboxylic acids is 2. The molecule has 0 aromatic heterocycles. The molecule has 32 heavy (non-hydrogen) atoms. The molecule has 0 saturated carbocycles. The quantitative estimate of drug-likeness (QED) is 0.666. The fraction of sp³-hybridized carbons (Fsp3) is 0.636. The fourth-order valence-electron chi connectivity index (χ4n) is 4.25. The second-order valence-corrected chi connectivity index (χ2v) is 8.89. The van der Waals surface area contributed by atoms with Crippen LogP contribution in [0.15, 0.2) is 30.3 Å². The van der Waals surface area contributed by atoms with E-state index in [9.17, 15) is 14.7 Å². The molecule has 0 bridgehead atoms. The van der Waals surface area contributed by atoms with Crippen LogP contribution in [0.3, 0.4) is 0 Å². The lowest BCUT2D eigenvalue weighted by Gasteiger charge is -2.46. The van der Waals surface area contributed by atoms with Crippen LogP contribution in [0.1, 0.15) is 38.1 Å². The number of benzene rings is 1. The van der Waals surface area contributed by atoms with Crippen molar-refractivity contribution in [2.45, 2.75) is 75.6 Å². The summed E-state index contributed by atoms with van der Waals surface area (Å²) in [6, 6.07) is 8.16. The Bertz CT molecular complexity index is 869. The highest BCUT2D eigenvalue weighted by Gasteiger charge is 2.68. The highest BCUT2D eigenvalue weighted by Crippen LogP contribution is 2.45. The molecule has 176 valence electrons. The predicted molar refractivity (Wildman–Crippen MR) is 106 cm³/mol. The van der Waals surface area contributed by atoms with E-state index >= 15 is 0 Å². The lowest BCUT2D eigenvalue weighted by Crippen LogP contribution is -2.70. The highest BCUT2D eigenvalue weighted by atomic mass is 16.8. The molecular formula is C22H28O10. The maximum atomic E-state index is 12.8. The van der Waals surface area contributed by atoms with Gasteiger partial charge in [0.25, 0.3) is 0 Å². The van der Waals surface area contributed by atoms with Gasteiger partial charge in [-0.15, -0.1) is 0 Å². The van der Waals surface area contributed by atoms with Crippen LogP contribution in [-0.4, -0.2) is 78.6 Å². The molecule has 0 radical (unpaired) electrons. The van der Waals surface area contributed by atoms with E-state index in [1.807, 2.05) is 0 Å². The summed E-state index contributed by atoms with van der Waals surface area (Å²) in [5.74, 6) is -6.57. The van der Waals surface area contributed by atoms with Gasteiger partial charge in [0.1, 0.15) is 24.4 Å². The van der Waals surface area contributed by atoms with Crippen LogP contribution in [0.5, 0.6) is 0 Å². The molecule has 1 unspecified atom stereocenters. The van der Waals surface area contributed by atoms with Crippen molar-refractivity contribution in [3.05, 3.63) is 35.9 Å². The Hall–Kier alpha value is -2.08. The molecule has 3 aliphatic heterocycles. The standard InChI is InChI=1S/C22H28O10/c1-20(2)27-11-13(29-20)14-15-16(31-21(3,4)30-15)17(22(25,32-14)19(24)26-5)28-18(23)12-9-7-6-8-10-12/h6-10,13-17,25H,11H2,1-5H3/t13-,14-,15+,16+,17+,22?/m1/s1. The Balaban J connectivity index is 1.70. The van der Waals surface area contributed by atoms with Gasteiger partial charge in [0, 0.05) is 0 Å². The first-order chi connectivity index (χ1) is 15.0. The van der Waals surface area contributed by atoms with Crippen molar-refractivity contribution in [2.75, 3.05) is 13.7 Å². The predicted octanol–water partition coefficient (Wildman–Crippen LogP) is 1.14. The third-order valence-corrected chi connectivity index (χ3v) is 5.61. The molecule has 1 aromatic rings. The smallest absolute Gasteiger partial charge is 0.370 e. The Labute approximate surface area is 185 Å². The van der Waals surface area contributed by atoms with E-state index in [4.69, 9.17) is 33.2 Å². The fourth-order valence-corrected chi connectivity index (χ4v) is 4.25. The summed E-state index contributed by atoms with van der Waals surface area (Å²) in [7, 11) is 1.09. The van der Waals surface area contributed by atoms with E-state index in [1.54, 1.807) is 58.0 Å². The number of methoxy groups -OCH3 is 1. The lowest BCUT2D eigenvalue weighted by atomic mass is 9.90. The lowest BCUT2D eigenvalue weighted by molar-refractivity contribution is -0.332. The van der Waals surface area contributed by atoms with Gasteiger partial charge in [-0.1, -0.05) is 18.2 Å². The zero-order chi connectivity index (χ0) is 23.3. The van der Waals surface area contributed by atoms with Crippen LogP contribution >= 0.6 is 0 Å². The number of carbonyl (C=O) groups is 2. The molecule has 3 aliphatic rings. The second kappa shape index (κ2) is 8.05.